The number of carbonyl (C=O) groups excluding carboxylic acids is 3. The van der Waals surface area contributed by atoms with Crippen molar-refractivity contribution in [2.75, 3.05) is 43.1 Å². The number of nitrogens with zero attached hydrogens (tertiary/aromatic N) is 3. The van der Waals surface area contributed by atoms with Gasteiger partial charge < -0.3 is 19.5 Å². The van der Waals surface area contributed by atoms with Crippen LogP contribution in [0.5, 0.6) is 0 Å². The number of halogens is 1. The number of imide groups is 1. The Morgan fingerprint density at radius 2 is 1.71 bits per heavy atom. The molecular weight excluding hydrogens is 543 g/mol. The van der Waals surface area contributed by atoms with E-state index in [1.54, 1.807) is 30.3 Å². The molecule has 0 bridgehead atoms. The maximum atomic E-state index is 14.3. The fraction of sp³-hybridized carbons (Fsp3) is 0.194. The predicted molar refractivity (Wildman–Crippen MR) is 158 cm³/mol. The minimum absolute atomic E-state index is 0.227. The topological polar surface area (TPSA) is 83.9 Å². The van der Waals surface area contributed by atoms with Gasteiger partial charge in [-0.2, -0.15) is 0 Å². The quantitative estimate of drug-likeness (QED) is 0.302. The molecule has 3 aromatic carbocycles. The molecule has 0 atom stereocenters. The van der Waals surface area contributed by atoms with Crippen LogP contribution >= 0.6 is 11.8 Å². The van der Waals surface area contributed by atoms with Crippen LogP contribution in [0.2, 0.25) is 0 Å². The number of hydrogen-bond donors (Lipinski definition) is 1. The Morgan fingerprint density at radius 1 is 0.976 bits per heavy atom. The molecule has 2 aliphatic rings. The zero-order chi connectivity index (χ0) is 28.3. The standard InChI is InChI=1S/C31H27FN4O4S/c32-24-9-3-1-7-21(24)18-35-19-22(23-8-2-5-11-26(23)35)17-28-30(38)36(31(39)41-28)20-29(37)33-25-10-4-6-12-27(25)34-13-15-40-16-14-34/h1-12,17,19H,13-16,18,20H2,(H,33,37)/b28-17-. The molecule has 0 unspecified atom stereocenters. The summed E-state index contributed by atoms with van der Waals surface area (Å²) < 4.78 is 21.7. The van der Waals surface area contributed by atoms with Crippen LogP contribution in [0.4, 0.5) is 20.6 Å². The lowest BCUT2D eigenvalue weighted by molar-refractivity contribution is -0.127. The molecule has 0 aliphatic carbocycles. The molecule has 3 heterocycles. The summed E-state index contributed by atoms with van der Waals surface area (Å²) in [4.78, 5) is 42.4. The molecule has 1 N–H and O–H groups in total. The van der Waals surface area contributed by atoms with Gasteiger partial charge in [-0.1, -0.05) is 48.5 Å². The van der Waals surface area contributed by atoms with Crippen LogP contribution in [0.3, 0.4) is 0 Å². The molecule has 1 aromatic heterocycles. The van der Waals surface area contributed by atoms with Crippen LogP contribution in [-0.4, -0.2) is 59.4 Å². The lowest BCUT2D eigenvalue weighted by Gasteiger charge is -2.30. The number of nitrogens with one attached hydrogen (secondary N) is 1. The number of fused-ring (bicyclic) bond motifs is 1. The second-order valence-corrected chi connectivity index (χ2v) is 10.7. The van der Waals surface area contributed by atoms with E-state index in [1.807, 2.05) is 53.2 Å². The van der Waals surface area contributed by atoms with Gasteiger partial charge in [0.2, 0.25) is 5.91 Å². The van der Waals surface area contributed by atoms with E-state index in [0.29, 0.717) is 44.1 Å². The summed E-state index contributed by atoms with van der Waals surface area (Å²) >= 11 is 0.802. The molecule has 8 nitrogen and oxygen atoms in total. The average Bonchev–Trinajstić information content (AvgIpc) is 3.46. The van der Waals surface area contributed by atoms with Crippen LogP contribution < -0.4 is 10.2 Å². The van der Waals surface area contributed by atoms with Crippen LogP contribution in [0.25, 0.3) is 17.0 Å². The van der Waals surface area contributed by atoms with Crippen molar-refractivity contribution in [3.05, 3.63) is 101 Å². The third-order valence-corrected chi connectivity index (χ3v) is 8.02. The van der Waals surface area contributed by atoms with Crippen molar-refractivity contribution in [2.45, 2.75) is 6.54 Å². The van der Waals surface area contributed by atoms with Gasteiger partial charge in [0.1, 0.15) is 12.4 Å². The van der Waals surface area contributed by atoms with Gasteiger partial charge in [0.05, 0.1) is 36.0 Å². The Labute approximate surface area is 240 Å². The zero-order valence-corrected chi connectivity index (χ0v) is 22.9. The van der Waals surface area contributed by atoms with E-state index in [0.717, 1.165) is 38.8 Å². The van der Waals surface area contributed by atoms with Gasteiger partial charge in [0.25, 0.3) is 11.1 Å². The number of ether oxygens (including phenoxy) is 1. The third-order valence-electron chi connectivity index (χ3n) is 7.11. The molecule has 2 aliphatic heterocycles. The Bertz CT molecular complexity index is 1680. The first-order chi connectivity index (χ1) is 20.0. The molecule has 3 amide bonds. The Morgan fingerprint density at radius 3 is 2.54 bits per heavy atom. The summed E-state index contributed by atoms with van der Waals surface area (Å²) in [5.41, 5.74) is 3.63. The van der Waals surface area contributed by atoms with Crippen molar-refractivity contribution < 1.29 is 23.5 Å². The Balaban J connectivity index is 1.20. The lowest BCUT2D eigenvalue weighted by atomic mass is 10.1. The first-order valence-corrected chi connectivity index (χ1v) is 14.1. The van der Waals surface area contributed by atoms with E-state index in [-0.39, 0.29) is 10.7 Å². The zero-order valence-electron chi connectivity index (χ0n) is 22.1. The Hall–Kier alpha value is -4.41. The molecule has 2 saturated heterocycles. The molecule has 10 heteroatoms. The highest BCUT2D eigenvalue weighted by atomic mass is 32.2. The number of aromatic nitrogens is 1. The molecular formula is C31H27FN4O4S. The molecule has 0 radical (unpaired) electrons. The molecule has 6 rings (SSSR count). The Kier molecular flexibility index (Phi) is 7.58. The van der Waals surface area contributed by atoms with Crippen molar-refractivity contribution in [3.63, 3.8) is 0 Å². The number of amides is 3. The first kappa shape index (κ1) is 26.8. The fourth-order valence-electron chi connectivity index (χ4n) is 5.10. The first-order valence-electron chi connectivity index (χ1n) is 13.3. The van der Waals surface area contributed by atoms with Gasteiger partial charge in [-0.05, 0) is 42.1 Å². The second-order valence-electron chi connectivity index (χ2n) is 9.75. The third kappa shape index (κ3) is 5.61. The number of thioether (sulfide) groups is 1. The van der Waals surface area contributed by atoms with Gasteiger partial charge in [0.15, 0.2) is 0 Å². The van der Waals surface area contributed by atoms with Crippen molar-refractivity contribution in [2.24, 2.45) is 0 Å². The smallest absolute Gasteiger partial charge is 0.294 e. The summed E-state index contributed by atoms with van der Waals surface area (Å²) in [6.07, 6.45) is 3.51. The largest absolute Gasteiger partial charge is 0.378 e. The molecule has 2 fully saturated rings. The SMILES string of the molecule is O=C(CN1C(=O)S/C(=C\c2cn(Cc3ccccc3F)c3ccccc23)C1=O)Nc1ccccc1N1CCOCC1. The summed E-state index contributed by atoms with van der Waals surface area (Å²) in [6.45, 7) is 2.54. The average molecular weight is 571 g/mol. The number of benzene rings is 3. The maximum absolute atomic E-state index is 14.3. The fourth-order valence-corrected chi connectivity index (χ4v) is 5.93. The summed E-state index contributed by atoms with van der Waals surface area (Å²) in [6, 6.07) is 21.7. The van der Waals surface area contributed by atoms with Crippen LogP contribution in [0, 0.1) is 5.82 Å². The number of carbonyl (C=O) groups is 3. The van der Waals surface area contributed by atoms with E-state index in [1.165, 1.54) is 6.07 Å². The van der Waals surface area contributed by atoms with Crippen LogP contribution in [0.15, 0.2) is 83.9 Å². The van der Waals surface area contributed by atoms with Crippen molar-refractivity contribution in [3.8, 4) is 0 Å². The van der Waals surface area contributed by atoms with Crippen molar-refractivity contribution in [1.29, 1.82) is 0 Å². The predicted octanol–water partition coefficient (Wildman–Crippen LogP) is 5.34. The summed E-state index contributed by atoms with van der Waals surface area (Å²) in [7, 11) is 0. The van der Waals surface area contributed by atoms with Gasteiger partial charge >= 0.3 is 0 Å². The number of morpholine rings is 1. The summed E-state index contributed by atoms with van der Waals surface area (Å²) in [5, 5.41) is 3.23. The van der Waals surface area contributed by atoms with E-state index in [2.05, 4.69) is 10.2 Å². The van der Waals surface area contributed by atoms with E-state index < -0.39 is 23.6 Å². The van der Waals surface area contributed by atoms with Gasteiger partial charge in [0, 0.05) is 41.3 Å². The van der Waals surface area contributed by atoms with E-state index >= 15 is 0 Å². The number of para-hydroxylation sites is 3. The molecule has 208 valence electrons. The van der Waals surface area contributed by atoms with Crippen molar-refractivity contribution in [1.82, 2.24) is 9.47 Å². The highest BCUT2D eigenvalue weighted by Gasteiger charge is 2.36. The highest BCUT2D eigenvalue weighted by Crippen LogP contribution is 2.34. The molecule has 0 saturated carbocycles. The van der Waals surface area contributed by atoms with Crippen molar-refractivity contribution >= 4 is 57.2 Å². The monoisotopic (exact) mass is 570 g/mol. The van der Waals surface area contributed by atoms with Gasteiger partial charge in [-0.3, -0.25) is 19.3 Å². The normalized spacial score (nSPS) is 16.7. The maximum Gasteiger partial charge on any atom is 0.294 e. The second kappa shape index (κ2) is 11.6. The number of hydrogen-bond acceptors (Lipinski definition) is 6. The van der Waals surface area contributed by atoms with E-state index in [4.69, 9.17) is 4.74 Å². The molecule has 4 aromatic rings. The number of rotatable bonds is 7. The molecule has 0 spiro atoms. The number of anilines is 2. The molecule has 41 heavy (non-hydrogen) atoms. The minimum Gasteiger partial charge on any atom is -0.378 e. The van der Waals surface area contributed by atoms with Crippen LogP contribution in [-0.2, 0) is 20.9 Å². The lowest BCUT2D eigenvalue weighted by Crippen LogP contribution is -2.38. The minimum atomic E-state index is -0.525. The van der Waals surface area contributed by atoms with E-state index in [9.17, 15) is 18.8 Å². The highest BCUT2D eigenvalue weighted by molar-refractivity contribution is 8.18. The van der Waals surface area contributed by atoms with Gasteiger partial charge in [-0.25, -0.2) is 4.39 Å². The summed E-state index contributed by atoms with van der Waals surface area (Å²) in [5.74, 6) is -1.28. The van der Waals surface area contributed by atoms with Gasteiger partial charge in [-0.15, -0.1) is 0 Å². The van der Waals surface area contributed by atoms with Crippen LogP contribution in [0.1, 0.15) is 11.1 Å².